The molecular weight excluding hydrogens is 430 g/mol. The second-order valence-corrected chi connectivity index (χ2v) is 13.1. The van der Waals surface area contributed by atoms with Gasteiger partial charge in [0.05, 0.1) is 5.56 Å². The maximum absolute atomic E-state index is 2.47. The summed E-state index contributed by atoms with van der Waals surface area (Å²) in [4.78, 5) is 0. The second kappa shape index (κ2) is 7.92. The van der Waals surface area contributed by atoms with Crippen molar-refractivity contribution in [1.82, 2.24) is 0 Å². The molecule has 0 saturated carbocycles. The Morgan fingerprint density at radius 1 is 0.824 bits per heavy atom. The van der Waals surface area contributed by atoms with Gasteiger partial charge in [0.1, 0.15) is 11.7 Å². The maximum Gasteiger partial charge on any atom is 0.230 e. The Labute approximate surface area is 208 Å². The van der Waals surface area contributed by atoms with Crippen LogP contribution >= 0.6 is 11.3 Å². The van der Waals surface area contributed by atoms with Gasteiger partial charge in [0.2, 0.25) is 5.69 Å². The molecule has 0 unspecified atom stereocenters. The highest BCUT2D eigenvalue weighted by molar-refractivity contribution is 7.26. The highest BCUT2D eigenvalue weighted by atomic mass is 32.1. The molecule has 0 aliphatic rings. The van der Waals surface area contributed by atoms with E-state index < -0.39 is 0 Å². The Morgan fingerprint density at radius 2 is 1.53 bits per heavy atom. The summed E-state index contributed by atoms with van der Waals surface area (Å²) in [6.07, 6.45) is 3.33. The first kappa shape index (κ1) is 23.1. The lowest BCUT2D eigenvalue weighted by Gasteiger charge is -2.24. The Balaban J connectivity index is 1.89. The van der Waals surface area contributed by atoms with E-state index in [1.807, 2.05) is 11.3 Å². The first-order valence-corrected chi connectivity index (χ1v) is 13.1. The molecule has 174 valence electrons. The Morgan fingerprint density at radius 3 is 2.21 bits per heavy atom. The lowest BCUT2D eigenvalue weighted by molar-refractivity contribution is -0.659. The van der Waals surface area contributed by atoms with Gasteiger partial charge in [0.25, 0.3) is 0 Å². The van der Waals surface area contributed by atoms with Gasteiger partial charge in [-0.2, -0.15) is 4.57 Å². The SMILES string of the molecule is Cc1c(-c2c3sc4cccc(CC(C)(C)C)c4c3cc[n+]2C)cc(C(C)(C)C)c2ccccc12. The second-order valence-electron chi connectivity index (χ2n) is 12.0. The van der Waals surface area contributed by atoms with Gasteiger partial charge in [-0.15, -0.1) is 11.3 Å². The van der Waals surface area contributed by atoms with Gasteiger partial charge in [0, 0.05) is 21.5 Å². The number of thiophene rings is 1. The van der Waals surface area contributed by atoms with E-state index in [-0.39, 0.29) is 10.8 Å². The van der Waals surface area contributed by atoms with Crippen LogP contribution in [0.4, 0.5) is 0 Å². The number of pyridine rings is 1. The van der Waals surface area contributed by atoms with Gasteiger partial charge in [-0.1, -0.05) is 77.9 Å². The average Bonchev–Trinajstić information content (AvgIpc) is 3.12. The van der Waals surface area contributed by atoms with E-state index in [1.54, 1.807) is 0 Å². The molecule has 0 aliphatic carbocycles. The third kappa shape index (κ3) is 3.82. The molecule has 2 aromatic heterocycles. The lowest BCUT2D eigenvalue weighted by atomic mass is 9.80. The molecule has 0 saturated heterocycles. The monoisotopic (exact) mass is 466 g/mol. The molecule has 1 nitrogen and oxygen atoms in total. The van der Waals surface area contributed by atoms with Crippen molar-refractivity contribution < 1.29 is 4.57 Å². The molecule has 0 bridgehead atoms. The van der Waals surface area contributed by atoms with Crippen LogP contribution in [0.5, 0.6) is 0 Å². The van der Waals surface area contributed by atoms with Crippen molar-refractivity contribution in [2.45, 2.75) is 60.3 Å². The van der Waals surface area contributed by atoms with Crippen LogP contribution < -0.4 is 4.57 Å². The van der Waals surface area contributed by atoms with E-state index >= 15 is 0 Å². The van der Waals surface area contributed by atoms with Crippen LogP contribution in [0.2, 0.25) is 0 Å². The van der Waals surface area contributed by atoms with Crippen LogP contribution in [0.1, 0.15) is 58.2 Å². The lowest BCUT2D eigenvalue weighted by Crippen LogP contribution is -2.30. The van der Waals surface area contributed by atoms with E-state index in [1.165, 1.54) is 58.9 Å². The summed E-state index contributed by atoms with van der Waals surface area (Å²) in [5.41, 5.74) is 7.22. The molecular formula is C32H36NS+. The fraction of sp³-hybridized carbons (Fsp3) is 0.344. The zero-order chi connectivity index (χ0) is 24.4. The smallest absolute Gasteiger partial charge is 0.200 e. The van der Waals surface area contributed by atoms with Gasteiger partial charge >= 0.3 is 0 Å². The first-order chi connectivity index (χ1) is 16.0. The summed E-state index contributed by atoms with van der Waals surface area (Å²) in [5, 5.41) is 5.55. The van der Waals surface area contributed by atoms with Gasteiger partial charge in [-0.25, -0.2) is 0 Å². The van der Waals surface area contributed by atoms with Gasteiger partial charge in [-0.3, -0.25) is 0 Å². The standard InChI is InChI=1S/C32H36NS/c1-20-22-13-9-10-14-23(22)26(32(5,6)7)18-25(20)29-30-24(16-17-33(29)8)28-21(19-31(2,3)4)12-11-15-27(28)34-30/h9-18H,19H2,1-8H3/q+1. The molecule has 34 heavy (non-hydrogen) atoms. The number of fused-ring (bicyclic) bond motifs is 4. The predicted octanol–water partition coefficient (Wildman–Crippen LogP) is 8.89. The third-order valence-corrected chi connectivity index (χ3v) is 8.15. The van der Waals surface area contributed by atoms with E-state index in [0.717, 1.165) is 6.42 Å². The molecule has 0 fully saturated rings. The molecule has 5 rings (SSSR count). The van der Waals surface area contributed by atoms with Crippen molar-refractivity contribution in [2.24, 2.45) is 12.5 Å². The van der Waals surface area contributed by atoms with Crippen LogP contribution in [0.3, 0.4) is 0 Å². The summed E-state index contributed by atoms with van der Waals surface area (Å²) in [5.74, 6) is 0. The molecule has 0 N–H and O–H groups in total. The van der Waals surface area contributed by atoms with Crippen LogP contribution in [0.15, 0.2) is 60.8 Å². The van der Waals surface area contributed by atoms with E-state index in [9.17, 15) is 0 Å². The predicted molar refractivity (Wildman–Crippen MR) is 150 cm³/mol. The molecule has 0 radical (unpaired) electrons. The molecule has 5 aromatic rings. The molecule has 0 amide bonds. The highest BCUT2D eigenvalue weighted by Crippen LogP contribution is 2.44. The maximum atomic E-state index is 2.47. The van der Waals surface area contributed by atoms with E-state index in [4.69, 9.17) is 0 Å². The van der Waals surface area contributed by atoms with Crippen molar-refractivity contribution in [3.63, 3.8) is 0 Å². The number of aromatic nitrogens is 1. The third-order valence-electron chi connectivity index (χ3n) is 6.97. The number of rotatable bonds is 2. The molecule has 0 spiro atoms. The number of benzene rings is 3. The quantitative estimate of drug-likeness (QED) is 0.229. The Kier molecular flexibility index (Phi) is 5.37. The minimum atomic E-state index is 0.0640. The molecule has 2 heteroatoms. The van der Waals surface area contributed by atoms with Gasteiger partial charge in [0.15, 0.2) is 6.20 Å². The summed E-state index contributed by atoms with van der Waals surface area (Å²) < 4.78 is 5.10. The van der Waals surface area contributed by atoms with Crippen LogP contribution in [0.25, 0.3) is 42.2 Å². The summed E-state index contributed by atoms with van der Waals surface area (Å²) >= 11 is 1.94. The summed E-state index contributed by atoms with van der Waals surface area (Å²) in [6, 6.07) is 20.6. The average molecular weight is 467 g/mol. The van der Waals surface area contributed by atoms with Crippen molar-refractivity contribution in [3.05, 3.63) is 77.5 Å². The fourth-order valence-electron chi connectivity index (χ4n) is 5.42. The van der Waals surface area contributed by atoms with Crippen molar-refractivity contribution in [3.8, 4) is 11.3 Å². The zero-order valence-corrected chi connectivity index (χ0v) is 22.7. The zero-order valence-electron chi connectivity index (χ0n) is 21.8. The molecule has 3 aromatic carbocycles. The van der Waals surface area contributed by atoms with Crippen molar-refractivity contribution in [1.29, 1.82) is 0 Å². The summed E-state index contributed by atoms with van der Waals surface area (Å²) in [7, 11) is 2.20. The normalized spacial score (nSPS) is 12.8. The van der Waals surface area contributed by atoms with Gasteiger partial charge in [-0.05, 0) is 63.8 Å². The fourth-order valence-corrected chi connectivity index (χ4v) is 6.76. The number of hydrogen-bond donors (Lipinski definition) is 0. The summed E-state index contributed by atoms with van der Waals surface area (Å²) in [6.45, 7) is 16.3. The van der Waals surface area contributed by atoms with E-state index in [2.05, 4.69) is 121 Å². The van der Waals surface area contributed by atoms with Crippen LogP contribution in [0, 0.1) is 12.3 Å². The van der Waals surface area contributed by atoms with Crippen LogP contribution in [-0.2, 0) is 18.9 Å². The number of nitrogens with zero attached hydrogens (tertiary/aromatic N) is 1. The molecule has 0 aliphatic heterocycles. The van der Waals surface area contributed by atoms with Crippen LogP contribution in [-0.4, -0.2) is 0 Å². The number of aryl methyl sites for hydroxylation is 2. The number of hydrogen-bond acceptors (Lipinski definition) is 1. The van der Waals surface area contributed by atoms with Gasteiger partial charge < -0.3 is 0 Å². The minimum Gasteiger partial charge on any atom is -0.200 e. The van der Waals surface area contributed by atoms with Crippen molar-refractivity contribution >= 4 is 42.3 Å². The Bertz CT molecular complexity index is 1550. The molecule has 2 heterocycles. The highest BCUT2D eigenvalue weighted by Gasteiger charge is 2.26. The first-order valence-electron chi connectivity index (χ1n) is 12.3. The Hall–Kier alpha value is -2.71. The largest absolute Gasteiger partial charge is 0.230 e. The van der Waals surface area contributed by atoms with E-state index in [0.29, 0.717) is 0 Å². The minimum absolute atomic E-state index is 0.0640. The van der Waals surface area contributed by atoms with Crippen molar-refractivity contribution in [2.75, 3.05) is 0 Å². The molecule has 0 atom stereocenters. The topological polar surface area (TPSA) is 3.88 Å².